The summed E-state index contributed by atoms with van der Waals surface area (Å²) in [5, 5.41) is 7.05. The van der Waals surface area contributed by atoms with Crippen molar-refractivity contribution in [3.63, 3.8) is 0 Å². The van der Waals surface area contributed by atoms with Crippen LogP contribution < -0.4 is 16.4 Å². The first-order valence-electron chi connectivity index (χ1n) is 12.6. The number of aromatic amines is 1. The molecule has 0 bridgehead atoms. The Bertz CT molecular complexity index is 1510. The summed E-state index contributed by atoms with van der Waals surface area (Å²) in [5.41, 5.74) is 6.64. The molecule has 7 heteroatoms. The van der Waals surface area contributed by atoms with E-state index in [2.05, 4.69) is 39.9 Å². The summed E-state index contributed by atoms with van der Waals surface area (Å²) >= 11 is 0. The van der Waals surface area contributed by atoms with Crippen LogP contribution in [0.1, 0.15) is 45.9 Å². The molecule has 1 aromatic heterocycles. The number of carbonyl (C=O) groups excluding carboxylic acids is 1. The molecule has 3 N–H and O–H groups in total. The van der Waals surface area contributed by atoms with Crippen molar-refractivity contribution in [2.75, 3.05) is 18.4 Å². The normalized spacial score (nSPS) is 20.4. The minimum Gasteiger partial charge on any atom is -0.408 e. The van der Waals surface area contributed by atoms with Gasteiger partial charge >= 0.3 is 5.76 Å². The standard InChI is InChI=1S/C29H28N4O3/c34-27-23-12-20(31-21-13-29(14-21)16-30-17-29)7-8-22(23)25(10-18-4-2-1-3-5-18)33(27)15-19-6-9-24-26(11-19)36-28(35)32-24/h1-9,11-12,21,25,30-31H,10,13-17H2,(H,32,35). The molecule has 36 heavy (non-hydrogen) atoms. The largest absolute Gasteiger partial charge is 0.417 e. The Hall–Kier alpha value is -3.84. The van der Waals surface area contributed by atoms with Gasteiger partial charge in [-0.3, -0.25) is 9.78 Å². The van der Waals surface area contributed by atoms with Crippen molar-refractivity contribution >= 4 is 22.7 Å². The van der Waals surface area contributed by atoms with Crippen molar-refractivity contribution in [1.82, 2.24) is 15.2 Å². The molecule has 3 heterocycles. The lowest BCUT2D eigenvalue weighted by atomic mass is 9.61. The van der Waals surface area contributed by atoms with Crippen LogP contribution in [0.2, 0.25) is 0 Å². The fraction of sp³-hybridized carbons (Fsp3) is 0.310. The Kier molecular flexibility index (Phi) is 4.82. The summed E-state index contributed by atoms with van der Waals surface area (Å²) in [6.07, 6.45) is 3.11. The van der Waals surface area contributed by atoms with Gasteiger partial charge in [0.15, 0.2) is 5.58 Å². The number of oxazole rings is 1. The van der Waals surface area contributed by atoms with Gasteiger partial charge < -0.3 is 20.0 Å². The molecule has 2 fully saturated rings. The number of hydrogen-bond acceptors (Lipinski definition) is 5. The number of amides is 1. The first-order chi connectivity index (χ1) is 17.6. The highest BCUT2D eigenvalue weighted by molar-refractivity contribution is 6.00. The van der Waals surface area contributed by atoms with Gasteiger partial charge in [-0.15, -0.1) is 0 Å². The van der Waals surface area contributed by atoms with Crippen LogP contribution in [-0.2, 0) is 13.0 Å². The van der Waals surface area contributed by atoms with Gasteiger partial charge in [0.25, 0.3) is 5.91 Å². The van der Waals surface area contributed by atoms with Gasteiger partial charge in [0.2, 0.25) is 0 Å². The van der Waals surface area contributed by atoms with E-state index < -0.39 is 5.76 Å². The monoisotopic (exact) mass is 480 g/mol. The molecule has 4 aromatic rings. The van der Waals surface area contributed by atoms with Crippen LogP contribution in [-0.4, -0.2) is 34.9 Å². The Morgan fingerprint density at radius 1 is 0.972 bits per heavy atom. The fourth-order valence-corrected chi connectivity index (χ4v) is 6.20. The molecule has 1 atom stereocenters. The van der Waals surface area contributed by atoms with Gasteiger partial charge in [-0.25, -0.2) is 4.79 Å². The fourth-order valence-electron chi connectivity index (χ4n) is 6.20. The third-order valence-electron chi connectivity index (χ3n) is 8.12. The molecule has 1 unspecified atom stereocenters. The number of benzene rings is 3. The second-order valence-corrected chi connectivity index (χ2v) is 10.6. The second-order valence-electron chi connectivity index (χ2n) is 10.6. The second kappa shape index (κ2) is 8.10. The van der Waals surface area contributed by atoms with E-state index in [9.17, 15) is 9.59 Å². The highest BCUT2D eigenvalue weighted by Gasteiger charge is 2.48. The van der Waals surface area contributed by atoms with Gasteiger partial charge in [-0.1, -0.05) is 42.5 Å². The van der Waals surface area contributed by atoms with Crippen LogP contribution >= 0.6 is 0 Å². The van der Waals surface area contributed by atoms with Crippen LogP contribution in [0.3, 0.4) is 0 Å². The average molecular weight is 481 g/mol. The van der Waals surface area contributed by atoms with Gasteiger partial charge in [0.05, 0.1) is 11.6 Å². The lowest BCUT2D eigenvalue weighted by molar-refractivity contribution is 0.0470. The molecule has 7 nitrogen and oxygen atoms in total. The van der Waals surface area contributed by atoms with Crippen molar-refractivity contribution in [3.05, 3.63) is 99.5 Å². The van der Waals surface area contributed by atoms with Crippen molar-refractivity contribution < 1.29 is 9.21 Å². The van der Waals surface area contributed by atoms with E-state index >= 15 is 0 Å². The molecule has 182 valence electrons. The molecule has 1 spiro atoms. The molecule has 1 amide bonds. The summed E-state index contributed by atoms with van der Waals surface area (Å²) < 4.78 is 5.25. The highest BCUT2D eigenvalue weighted by atomic mass is 16.4. The molecule has 1 saturated heterocycles. The number of nitrogens with zero attached hydrogens (tertiary/aromatic N) is 1. The molecule has 7 rings (SSSR count). The zero-order valence-corrected chi connectivity index (χ0v) is 19.9. The first kappa shape index (κ1) is 21.4. The van der Waals surface area contributed by atoms with Crippen LogP contribution in [0.15, 0.2) is 75.9 Å². The third-order valence-corrected chi connectivity index (χ3v) is 8.12. The van der Waals surface area contributed by atoms with E-state index in [1.165, 1.54) is 18.4 Å². The topological polar surface area (TPSA) is 90.4 Å². The van der Waals surface area contributed by atoms with Crippen molar-refractivity contribution in [3.8, 4) is 0 Å². The van der Waals surface area contributed by atoms with E-state index in [0.29, 0.717) is 29.1 Å². The zero-order valence-electron chi connectivity index (χ0n) is 19.9. The molecule has 1 saturated carbocycles. The van der Waals surface area contributed by atoms with Crippen LogP contribution in [0.25, 0.3) is 11.1 Å². The Balaban J connectivity index is 1.18. The molecule has 3 aromatic carbocycles. The van der Waals surface area contributed by atoms with E-state index in [-0.39, 0.29) is 11.9 Å². The summed E-state index contributed by atoms with van der Waals surface area (Å²) in [6.45, 7) is 2.70. The number of rotatable bonds is 6. The predicted octanol–water partition coefficient (Wildman–Crippen LogP) is 4.22. The number of aromatic nitrogens is 1. The third kappa shape index (κ3) is 3.62. The van der Waals surface area contributed by atoms with E-state index in [4.69, 9.17) is 4.42 Å². The van der Waals surface area contributed by atoms with Crippen molar-refractivity contribution in [2.45, 2.75) is 37.9 Å². The first-order valence-corrected chi connectivity index (χ1v) is 12.6. The smallest absolute Gasteiger partial charge is 0.408 e. The minimum absolute atomic E-state index is 0.0403. The summed E-state index contributed by atoms with van der Waals surface area (Å²) in [6, 6.07) is 22.6. The average Bonchev–Trinajstić information content (AvgIpc) is 3.32. The van der Waals surface area contributed by atoms with Gasteiger partial charge in [0.1, 0.15) is 0 Å². The van der Waals surface area contributed by atoms with Crippen molar-refractivity contribution in [1.29, 1.82) is 0 Å². The maximum Gasteiger partial charge on any atom is 0.417 e. The molecule has 3 aliphatic rings. The summed E-state index contributed by atoms with van der Waals surface area (Å²) in [5.74, 6) is -0.432. The summed E-state index contributed by atoms with van der Waals surface area (Å²) in [7, 11) is 0. The van der Waals surface area contributed by atoms with Crippen molar-refractivity contribution in [2.24, 2.45) is 5.41 Å². The quantitative estimate of drug-likeness (QED) is 0.384. The molecule has 2 aliphatic heterocycles. The predicted molar refractivity (Wildman–Crippen MR) is 138 cm³/mol. The van der Waals surface area contributed by atoms with Crippen LogP contribution in [0, 0.1) is 5.41 Å². The molecule has 0 radical (unpaired) electrons. The van der Waals surface area contributed by atoms with Crippen LogP contribution in [0.4, 0.5) is 5.69 Å². The van der Waals surface area contributed by atoms with Gasteiger partial charge in [0, 0.05) is 36.9 Å². The van der Waals surface area contributed by atoms with Crippen LogP contribution in [0.5, 0.6) is 0 Å². The maximum absolute atomic E-state index is 13.8. The number of anilines is 1. The Labute approximate surface area is 208 Å². The Morgan fingerprint density at radius 3 is 2.58 bits per heavy atom. The minimum atomic E-state index is -0.472. The Morgan fingerprint density at radius 2 is 1.81 bits per heavy atom. The number of nitrogens with one attached hydrogen (secondary N) is 3. The van der Waals surface area contributed by atoms with E-state index in [1.54, 1.807) is 0 Å². The van der Waals surface area contributed by atoms with Gasteiger partial charge in [-0.2, -0.15) is 0 Å². The lowest BCUT2D eigenvalue weighted by Gasteiger charge is -2.54. The number of H-pyrrole nitrogens is 1. The lowest BCUT2D eigenvalue weighted by Crippen LogP contribution is -2.63. The zero-order chi connectivity index (χ0) is 24.3. The van der Waals surface area contributed by atoms with Gasteiger partial charge in [-0.05, 0) is 65.6 Å². The number of hydrogen-bond donors (Lipinski definition) is 3. The summed E-state index contributed by atoms with van der Waals surface area (Å²) in [4.78, 5) is 30.0. The molecular formula is C29H28N4O3. The maximum atomic E-state index is 13.8. The SMILES string of the molecule is O=C1c2cc(NC3CC4(CNC4)C3)ccc2C(Cc2ccccc2)N1Cc1ccc2[nH]c(=O)oc2c1. The van der Waals surface area contributed by atoms with E-state index in [1.807, 2.05) is 47.4 Å². The van der Waals surface area contributed by atoms with E-state index in [0.717, 1.165) is 41.9 Å². The highest BCUT2D eigenvalue weighted by Crippen LogP contribution is 2.46. The molecule has 1 aliphatic carbocycles. The number of carbonyl (C=O) groups is 1. The molecular weight excluding hydrogens is 452 g/mol. The number of fused-ring (bicyclic) bond motifs is 2.